The maximum Gasteiger partial charge on any atom is 0.101 e. The third kappa shape index (κ3) is 16.6. The standard InChI is InChI=1S/C31H62N2/c1-4-7-9-11-13-15-17-19-21-23-25-27-31-32(6-3)29-30-33(31)28-26-24-22-20-18-16-14-12-10-8-5-2/h29-31H,4-28H2,1-3H3. The van der Waals surface area contributed by atoms with Crippen LogP contribution in [-0.4, -0.2) is 29.1 Å². The van der Waals surface area contributed by atoms with Crippen LogP contribution in [0.25, 0.3) is 0 Å². The van der Waals surface area contributed by atoms with E-state index in [0.29, 0.717) is 6.17 Å². The lowest BCUT2D eigenvalue weighted by Crippen LogP contribution is -2.38. The SMILES string of the molecule is CCCCCCCCCCCCCC1N(CC)C=CN1CCCCCCCCCCCCC. The zero-order chi connectivity index (χ0) is 23.8. The van der Waals surface area contributed by atoms with Crippen LogP contribution in [0.1, 0.15) is 168 Å². The van der Waals surface area contributed by atoms with Crippen LogP contribution in [0.3, 0.4) is 0 Å². The van der Waals surface area contributed by atoms with Crippen LogP contribution >= 0.6 is 0 Å². The molecule has 1 aliphatic heterocycles. The molecule has 0 aliphatic carbocycles. The van der Waals surface area contributed by atoms with Crippen LogP contribution in [0.2, 0.25) is 0 Å². The van der Waals surface area contributed by atoms with Crippen LogP contribution in [0.5, 0.6) is 0 Å². The van der Waals surface area contributed by atoms with Crippen molar-refractivity contribution < 1.29 is 0 Å². The molecular formula is C31H62N2. The molecule has 196 valence electrons. The average Bonchev–Trinajstić information content (AvgIpc) is 3.22. The van der Waals surface area contributed by atoms with E-state index in [2.05, 4.69) is 43.0 Å². The second-order valence-corrected chi connectivity index (χ2v) is 10.7. The summed E-state index contributed by atoms with van der Waals surface area (Å²) < 4.78 is 0. The molecule has 0 aromatic carbocycles. The van der Waals surface area contributed by atoms with Gasteiger partial charge in [-0.25, -0.2) is 0 Å². The molecule has 2 heteroatoms. The van der Waals surface area contributed by atoms with E-state index in [1.54, 1.807) is 0 Å². The molecule has 1 atom stereocenters. The number of unbranched alkanes of at least 4 members (excludes halogenated alkanes) is 20. The fourth-order valence-corrected chi connectivity index (χ4v) is 5.38. The fourth-order valence-electron chi connectivity index (χ4n) is 5.38. The van der Waals surface area contributed by atoms with E-state index in [9.17, 15) is 0 Å². The molecule has 0 saturated carbocycles. The van der Waals surface area contributed by atoms with Gasteiger partial charge in [0.25, 0.3) is 0 Å². The molecule has 0 aromatic heterocycles. The largest absolute Gasteiger partial charge is 0.356 e. The molecule has 0 radical (unpaired) electrons. The summed E-state index contributed by atoms with van der Waals surface area (Å²) in [6.45, 7) is 9.32. The van der Waals surface area contributed by atoms with Crippen LogP contribution in [0, 0.1) is 0 Å². The Labute approximate surface area is 210 Å². The highest BCUT2D eigenvalue weighted by Gasteiger charge is 2.23. The highest BCUT2D eigenvalue weighted by molar-refractivity contribution is 4.96. The Kier molecular flexibility index (Phi) is 21.3. The lowest BCUT2D eigenvalue weighted by Gasteiger charge is -2.32. The molecule has 33 heavy (non-hydrogen) atoms. The molecule has 0 N–H and O–H groups in total. The van der Waals surface area contributed by atoms with Gasteiger partial charge in [0.1, 0.15) is 6.17 Å². The summed E-state index contributed by atoms with van der Waals surface area (Å²) in [5.41, 5.74) is 0. The summed E-state index contributed by atoms with van der Waals surface area (Å²) in [4.78, 5) is 5.21. The van der Waals surface area contributed by atoms with Gasteiger partial charge in [0, 0.05) is 25.5 Å². The van der Waals surface area contributed by atoms with Crippen LogP contribution in [0.15, 0.2) is 12.4 Å². The van der Waals surface area contributed by atoms with E-state index in [4.69, 9.17) is 0 Å². The van der Waals surface area contributed by atoms with Gasteiger partial charge in [-0.3, -0.25) is 0 Å². The summed E-state index contributed by atoms with van der Waals surface area (Å²) >= 11 is 0. The minimum absolute atomic E-state index is 0.636. The Bertz CT molecular complexity index is 419. The maximum atomic E-state index is 2.65. The van der Waals surface area contributed by atoms with Gasteiger partial charge >= 0.3 is 0 Å². The Hall–Kier alpha value is -0.660. The summed E-state index contributed by atoms with van der Waals surface area (Å²) in [5.74, 6) is 0. The van der Waals surface area contributed by atoms with Gasteiger partial charge in [-0.2, -0.15) is 0 Å². The quantitative estimate of drug-likeness (QED) is 0.124. The van der Waals surface area contributed by atoms with Crippen molar-refractivity contribution in [3.05, 3.63) is 12.4 Å². The van der Waals surface area contributed by atoms with Crippen molar-refractivity contribution in [2.75, 3.05) is 13.1 Å². The minimum atomic E-state index is 0.636. The zero-order valence-corrected chi connectivity index (χ0v) is 23.3. The molecule has 0 bridgehead atoms. The van der Waals surface area contributed by atoms with Crippen molar-refractivity contribution in [2.24, 2.45) is 0 Å². The molecule has 1 unspecified atom stereocenters. The van der Waals surface area contributed by atoms with Gasteiger partial charge in [-0.05, 0) is 26.2 Å². The van der Waals surface area contributed by atoms with E-state index >= 15 is 0 Å². The Morgan fingerprint density at radius 3 is 1.21 bits per heavy atom. The van der Waals surface area contributed by atoms with Gasteiger partial charge in [-0.1, -0.05) is 142 Å². The molecule has 0 saturated heterocycles. The first-order chi connectivity index (χ1) is 16.3. The van der Waals surface area contributed by atoms with Crippen molar-refractivity contribution >= 4 is 0 Å². The number of rotatable bonds is 25. The van der Waals surface area contributed by atoms with E-state index in [0.717, 1.165) is 6.54 Å². The lowest BCUT2D eigenvalue weighted by molar-refractivity contribution is 0.142. The third-order valence-corrected chi connectivity index (χ3v) is 7.67. The summed E-state index contributed by atoms with van der Waals surface area (Å²) in [6.07, 6.45) is 38.3. The smallest absolute Gasteiger partial charge is 0.101 e. The lowest BCUT2D eigenvalue weighted by atomic mass is 10.0. The second kappa shape index (κ2) is 23.1. The molecule has 1 aliphatic rings. The van der Waals surface area contributed by atoms with Crippen LogP contribution in [-0.2, 0) is 0 Å². The van der Waals surface area contributed by atoms with Gasteiger partial charge in [-0.15, -0.1) is 0 Å². The first-order valence-electron chi connectivity index (χ1n) is 15.5. The summed E-state index contributed by atoms with van der Waals surface area (Å²) in [5, 5.41) is 0. The highest BCUT2D eigenvalue weighted by atomic mass is 15.4. The normalized spacial score (nSPS) is 15.8. The highest BCUT2D eigenvalue weighted by Crippen LogP contribution is 2.23. The van der Waals surface area contributed by atoms with Gasteiger partial charge in [0.2, 0.25) is 0 Å². The van der Waals surface area contributed by atoms with Crippen molar-refractivity contribution in [3.8, 4) is 0 Å². The van der Waals surface area contributed by atoms with Crippen LogP contribution in [0.4, 0.5) is 0 Å². The molecule has 0 spiro atoms. The van der Waals surface area contributed by atoms with Gasteiger partial charge in [0.05, 0.1) is 0 Å². The minimum Gasteiger partial charge on any atom is -0.356 e. The predicted molar refractivity (Wildman–Crippen MR) is 150 cm³/mol. The van der Waals surface area contributed by atoms with Crippen molar-refractivity contribution in [2.45, 2.75) is 175 Å². The third-order valence-electron chi connectivity index (χ3n) is 7.67. The predicted octanol–water partition coefficient (Wildman–Crippen LogP) is 10.4. The number of nitrogens with zero attached hydrogens (tertiary/aromatic N) is 2. The monoisotopic (exact) mass is 462 g/mol. The number of hydrogen-bond donors (Lipinski definition) is 0. The van der Waals surface area contributed by atoms with E-state index in [-0.39, 0.29) is 0 Å². The van der Waals surface area contributed by atoms with E-state index in [1.165, 1.54) is 154 Å². The Balaban J connectivity index is 2.00. The van der Waals surface area contributed by atoms with Crippen LogP contribution < -0.4 is 0 Å². The maximum absolute atomic E-state index is 2.65. The Morgan fingerprint density at radius 1 is 0.424 bits per heavy atom. The molecule has 0 aromatic rings. The first-order valence-corrected chi connectivity index (χ1v) is 15.5. The van der Waals surface area contributed by atoms with E-state index in [1.807, 2.05) is 0 Å². The molecular weight excluding hydrogens is 400 g/mol. The van der Waals surface area contributed by atoms with Crippen molar-refractivity contribution in [3.63, 3.8) is 0 Å². The van der Waals surface area contributed by atoms with Crippen molar-refractivity contribution in [1.82, 2.24) is 9.80 Å². The molecule has 1 rings (SSSR count). The first kappa shape index (κ1) is 30.4. The molecule has 1 heterocycles. The summed E-state index contributed by atoms with van der Waals surface area (Å²) in [6, 6.07) is 0. The second-order valence-electron chi connectivity index (χ2n) is 10.7. The number of hydrogen-bond acceptors (Lipinski definition) is 2. The summed E-state index contributed by atoms with van der Waals surface area (Å²) in [7, 11) is 0. The fraction of sp³-hybridized carbons (Fsp3) is 0.935. The Morgan fingerprint density at radius 2 is 0.788 bits per heavy atom. The average molecular weight is 463 g/mol. The van der Waals surface area contributed by atoms with E-state index < -0.39 is 0 Å². The molecule has 0 fully saturated rings. The van der Waals surface area contributed by atoms with Gasteiger partial charge < -0.3 is 9.80 Å². The van der Waals surface area contributed by atoms with Crippen molar-refractivity contribution in [1.29, 1.82) is 0 Å². The molecule has 0 amide bonds. The topological polar surface area (TPSA) is 6.48 Å². The molecule has 2 nitrogen and oxygen atoms in total. The van der Waals surface area contributed by atoms with Gasteiger partial charge in [0.15, 0.2) is 0 Å². The zero-order valence-electron chi connectivity index (χ0n) is 23.3.